The summed E-state index contributed by atoms with van der Waals surface area (Å²) in [6.07, 6.45) is 2.19. The Morgan fingerprint density at radius 3 is 2.74 bits per heavy atom. The van der Waals surface area contributed by atoms with Gasteiger partial charge in [0.05, 0.1) is 16.8 Å². The van der Waals surface area contributed by atoms with Gasteiger partial charge in [-0.05, 0) is 55.3 Å². The van der Waals surface area contributed by atoms with Crippen LogP contribution in [0.25, 0.3) is 10.2 Å². The summed E-state index contributed by atoms with van der Waals surface area (Å²) < 4.78 is 7.97. The van der Waals surface area contributed by atoms with Crippen molar-refractivity contribution in [1.29, 1.82) is 0 Å². The van der Waals surface area contributed by atoms with Crippen molar-refractivity contribution in [2.45, 2.75) is 22.1 Å². The Kier molecular flexibility index (Phi) is 6.22. The van der Waals surface area contributed by atoms with E-state index in [4.69, 9.17) is 16.3 Å². The molecule has 0 fully saturated rings. The smallest absolute Gasteiger partial charge is 0.155 e. The minimum Gasteiger partial charge on any atom is -0.494 e. The van der Waals surface area contributed by atoms with Gasteiger partial charge in [0, 0.05) is 15.2 Å². The maximum absolute atomic E-state index is 5.92. The molecule has 0 unspecified atom stereocenters. The maximum atomic E-state index is 5.92. The molecule has 2 nitrogen and oxygen atoms in total. The predicted octanol–water partition coefficient (Wildman–Crippen LogP) is 6.65. The molecule has 0 amide bonds. The van der Waals surface area contributed by atoms with Crippen LogP contribution in [0.3, 0.4) is 0 Å². The van der Waals surface area contributed by atoms with Crippen LogP contribution in [-0.4, -0.2) is 16.9 Å². The lowest BCUT2D eigenvalue weighted by molar-refractivity contribution is 0.310. The molecule has 6 heteroatoms. The number of unbranched alkanes of at least 4 members (excludes halogenated alkanes) is 1. The van der Waals surface area contributed by atoms with Crippen LogP contribution >= 0.6 is 50.6 Å². The first kappa shape index (κ1) is 17.1. The molecule has 0 spiro atoms. The molecule has 3 aromatic rings. The molecule has 2 aromatic carbocycles. The zero-order valence-electron chi connectivity index (χ0n) is 12.3. The van der Waals surface area contributed by atoms with Gasteiger partial charge in [-0.3, -0.25) is 0 Å². The Morgan fingerprint density at radius 2 is 1.96 bits per heavy atom. The highest BCUT2D eigenvalue weighted by Crippen LogP contribution is 2.36. The third kappa shape index (κ3) is 4.86. The van der Waals surface area contributed by atoms with Crippen LogP contribution in [0.1, 0.15) is 12.8 Å². The van der Waals surface area contributed by atoms with E-state index in [-0.39, 0.29) is 0 Å². The van der Waals surface area contributed by atoms with E-state index < -0.39 is 0 Å². The van der Waals surface area contributed by atoms with Gasteiger partial charge in [-0.15, -0.1) is 11.3 Å². The molecule has 1 heterocycles. The molecule has 0 bridgehead atoms. The number of nitrogens with zero attached hydrogens (tertiary/aromatic N) is 1. The standard InChI is InChI=1S/C17H15BrClNOS2/c18-9-1-2-10-21-13-5-8-15-16(11-13)23-17(20-15)22-14-6-3-12(19)4-7-14/h3-8,11H,1-2,9-10H2. The molecule has 0 N–H and O–H groups in total. The molecular formula is C17H15BrClNOS2. The number of fused-ring (bicyclic) bond motifs is 1. The van der Waals surface area contributed by atoms with Crippen LogP contribution in [-0.2, 0) is 0 Å². The quantitative estimate of drug-likeness (QED) is 0.310. The van der Waals surface area contributed by atoms with Gasteiger partial charge in [-0.2, -0.15) is 0 Å². The number of aromatic nitrogens is 1. The number of ether oxygens (including phenoxy) is 1. The third-order valence-electron chi connectivity index (χ3n) is 3.16. The molecule has 120 valence electrons. The van der Waals surface area contributed by atoms with Crippen molar-refractivity contribution in [2.75, 3.05) is 11.9 Å². The van der Waals surface area contributed by atoms with E-state index in [1.807, 2.05) is 36.4 Å². The minimum absolute atomic E-state index is 0.750. The first-order valence-corrected chi connectivity index (χ1v) is 10.4. The summed E-state index contributed by atoms with van der Waals surface area (Å²) in [6.45, 7) is 0.752. The molecule has 0 saturated carbocycles. The molecule has 0 atom stereocenters. The molecule has 0 aliphatic carbocycles. The van der Waals surface area contributed by atoms with Crippen LogP contribution < -0.4 is 4.74 Å². The first-order chi connectivity index (χ1) is 11.2. The molecular weight excluding hydrogens is 414 g/mol. The van der Waals surface area contributed by atoms with Crippen LogP contribution in [0.4, 0.5) is 0 Å². The normalized spacial score (nSPS) is 11.0. The number of hydrogen-bond acceptors (Lipinski definition) is 4. The number of thiazole rings is 1. The Bertz CT molecular complexity index is 776. The molecule has 1 aromatic heterocycles. The Hall–Kier alpha value is -0.750. The highest BCUT2D eigenvalue weighted by atomic mass is 79.9. The van der Waals surface area contributed by atoms with E-state index >= 15 is 0 Å². The first-order valence-electron chi connectivity index (χ1n) is 7.27. The van der Waals surface area contributed by atoms with Crippen molar-refractivity contribution in [2.24, 2.45) is 0 Å². The summed E-state index contributed by atoms with van der Waals surface area (Å²) in [6, 6.07) is 13.9. The van der Waals surface area contributed by atoms with Gasteiger partial charge in [0.25, 0.3) is 0 Å². The van der Waals surface area contributed by atoms with Gasteiger partial charge in [0.1, 0.15) is 5.75 Å². The largest absolute Gasteiger partial charge is 0.494 e. The Labute approximate surface area is 157 Å². The van der Waals surface area contributed by atoms with Crippen molar-refractivity contribution in [3.63, 3.8) is 0 Å². The summed E-state index contributed by atoms with van der Waals surface area (Å²) in [5, 5.41) is 1.77. The second-order valence-electron chi connectivity index (χ2n) is 4.91. The fourth-order valence-electron chi connectivity index (χ4n) is 2.01. The van der Waals surface area contributed by atoms with Gasteiger partial charge in [-0.1, -0.05) is 39.3 Å². The number of benzene rings is 2. The predicted molar refractivity (Wildman–Crippen MR) is 104 cm³/mol. The van der Waals surface area contributed by atoms with E-state index in [1.54, 1.807) is 23.1 Å². The molecule has 0 aliphatic heterocycles. The lowest BCUT2D eigenvalue weighted by atomic mass is 10.3. The van der Waals surface area contributed by atoms with Gasteiger partial charge in [0.15, 0.2) is 4.34 Å². The van der Waals surface area contributed by atoms with Crippen LogP contribution in [0, 0.1) is 0 Å². The van der Waals surface area contributed by atoms with Crippen LogP contribution in [0.2, 0.25) is 5.02 Å². The van der Waals surface area contributed by atoms with E-state index in [1.165, 1.54) is 0 Å². The van der Waals surface area contributed by atoms with E-state index in [2.05, 4.69) is 27.0 Å². The highest BCUT2D eigenvalue weighted by molar-refractivity contribution is 9.09. The number of alkyl halides is 1. The van der Waals surface area contributed by atoms with E-state index in [0.717, 1.165) is 55.0 Å². The van der Waals surface area contributed by atoms with Crippen molar-refractivity contribution in [3.8, 4) is 5.75 Å². The molecule has 3 rings (SSSR count). The molecule has 23 heavy (non-hydrogen) atoms. The molecule has 0 aliphatic rings. The maximum Gasteiger partial charge on any atom is 0.155 e. The monoisotopic (exact) mass is 427 g/mol. The summed E-state index contributed by atoms with van der Waals surface area (Å²) in [7, 11) is 0. The summed E-state index contributed by atoms with van der Waals surface area (Å²) >= 11 is 12.7. The zero-order valence-corrected chi connectivity index (χ0v) is 16.3. The van der Waals surface area contributed by atoms with Gasteiger partial charge < -0.3 is 4.74 Å². The lowest BCUT2D eigenvalue weighted by Gasteiger charge is -2.04. The second-order valence-corrected chi connectivity index (χ2v) is 8.49. The number of rotatable bonds is 7. The average Bonchev–Trinajstić information content (AvgIpc) is 2.95. The minimum atomic E-state index is 0.750. The fourth-order valence-corrected chi connectivity index (χ4v) is 4.60. The van der Waals surface area contributed by atoms with Crippen LogP contribution in [0.5, 0.6) is 5.75 Å². The summed E-state index contributed by atoms with van der Waals surface area (Å²) in [5.41, 5.74) is 1.01. The Morgan fingerprint density at radius 1 is 1.13 bits per heavy atom. The highest BCUT2D eigenvalue weighted by Gasteiger charge is 2.07. The molecule has 0 saturated heterocycles. The Balaban J connectivity index is 1.70. The third-order valence-corrected chi connectivity index (χ3v) is 6.06. The van der Waals surface area contributed by atoms with Crippen molar-refractivity contribution < 1.29 is 4.74 Å². The van der Waals surface area contributed by atoms with Gasteiger partial charge in [-0.25, -0.2) is 4.98 Å². The van der Waals surface area contributed by atoms with Crippen LogP contribution in [0.15, 0.2) is 51.7 Å². The zero-order chi connectivity index (χ0) is 16.1. The fraction of sp³-hybridized carbons (Fsp3) is 0.235. The van der Waals surface area contributed by atoms with Crippen molar-refractivity contribution >= 4 is 60.8 Å². The summed E-state index contributed by atoms with van der Waals surface area (Å²) in [5.74, 6) is 0.916. The summed E-state index contributed by atoms with van der Waals surface area (Å²) in [4.78, 5) is 5.81. The average molecular weight is 429 g/mol. The topological polar surface area (TPSA) is 22.1 Å². The van der Waals surface area contributed by atoms with Gasteiger partial charge >= 0.3 is 0 Å². The molecule has 0 radical (unpaired) electrons. The second kappa shape index (κ2) is 8.38. The SMILES string of the molecule is Clc1ccc(Sc2nc3ccc(OCCCCBr)cc3s2)cc1. The lowest BCUT2D eigenvalue weighted by Crippen LogP contribution is -1.97. The van der Waals surface area contributed by atoms with E-state index in [9.17, 15) is 0 Å². The number of hydrogen-bond donors (Lipinski definition) is 0. The number of halogens is 2. The van der Waals surface area contributed by atoms with Gasteiger partial charge in [0.2, 0.25) is 0 Å². The van der Waals surface area contributed by atoms with Crippen molar-refractivity contribution in [3.05, 3.63) is 47.5 Å². The van der Waals surface area contributed by atoms with E-state index in [0.29, 0.717) is 0 Å². The van der Waals surface area contributed by atoms with Crippen molar-refractivity contribution in [1.82, 2.24) is 4.98 Å².